The van der Waals surface area contributed by atoms with E-state index in [0.717, 1.165) is 17.5 Å². The van der Waals surface area contributed by atoms with Crippen molar-refractivity contribution >= 4 is 34.2 Å². The van der Waals surface area contributed by atoms with Crippen LogP contribution in [0.1, 0.15) is 13.3 Å². The molecule has 1 N–H and O–H groups in total. The lowest BCUT2D eigenvalue weighted by Crippen LogP contribution is -2.29. The Morgan fingerprint density at radius 3 is 2.29 bits per heavy atom. The number of aryl methyl sites for hydroxylation is 1. The van der Waals surface area contributed by atoms with Crippen LogP contribution in [0.3, 0.4) is 0 Å². The molecule has 0 aliphatic rings. The van der Waals surface area contributed by atoms with Crippen molar-refractivity contribution in [3.63, 3.8) is 0 Å². The van der Waals surface area contributed by atoms with Gasteiger partial charge in [0.05, 0.1) is 11.0 Å². The fourth-order valence-electron chi connectivity index (χ4n) is 2.74. The van der Waals surface area contributed by atoms with Gasteiger partial charge in [0, 0.05) is 17.3 Å². The highest BCUT2D eigenvalue weighted by atomic mass is 35.5. The zero-order valence-corrected chi connectivity index (χ0v) is 14.1. The van der Waals surface area contributed by atoms with Crippen molar-refractivity contribution in [2.45, 2.75) is 26.4 Å². The molecule has 1 amide bonds. The largest absolute Gasteiger partial charge is 0.329 e. The van der Waals surface area contributed by atoms with E-state index in [4.69, 9.17) is 11.6 Å². The van der Waals surface area contributed by atoms with Crippen molar-refractivity contribution in [2.24, 2.45) is 0 Å². The van der Waals surface area contributed by atoms with Crippen LogP contribution in [0.4, 0.5) is 5.69 Å². The average molecular weight is 344 g/mol. The van der Waals surface area contributed by atoms with Crippen LogP contribution in [0.25, 0.3) is 11.0 Å². The van der Waals surface area contributed by atoms with Crippen molar-refractivity contribution in [3.05, 3.63) is 64.0 Å². The van der Waals surface area contributed by atoms with Crippen LogP contribution >= 0.6 is 11.6 Å². The quantitative estimate of drug-likeness (QED) is 0.770. The van der Waals surface area contributed by atoms with Crippen LogP contribution in [-0.4, -0.2) is 15.0 Å². The second-order valence-electron chi connectivity index (χ2n) is 5.56. The van der Waals surface area contributed by atoms with Gasteiger partial charge in [0.2, 0.25) is 5.91 Å². The number of halogens is 1. The molecule has 0 fully saturated rings. The molecule has 3 rings (SSSR count). The molecule has 0 spiro atoms. The molecule has 0 saturated carbocycles. The number of carbonyl (C=O) groups excluding carboxylic acids is 1. The second kappa shape index (κ2) is 6.93. The van der Waals surface area contributed by atoms with E-state index < -0.39 is 0 Å². The minimum Gasteiger partial charge on any atom is -0.325 e. The van der Waals surface area contributed by atoms with Crippen molar-refractivity contribution in [1.82, 2.24) is 9.13 Å². The molecule has 124 valence electrons. The summed E-state index contributed by atoms with van der Waals surface area (Å²) in [6.07, 6.45) is 0.852. The standard InChI is InChI=1S/C18H18ClN3O2/c1-2-11-21-15-5-3-4-6-16(15)22(18(21)24)12-17(23)20-14-9-7-13(19)8-10-14/h3-10H,2,11-12H2,1H3,(H,20,23). The Kier molecular flexibility index (Phi) is 4.71. The SMILES string of the molecule is CCCn1c(=O)n(CC(=O)Nc2ccc(Cl)cc2)c2ccccc21. The highest BCUT2D eigenvalue weighted by Gasteiger charge is 2.14. The Labute approximate surface area is 144 Å². The van der Waals surface area contributed by atoms with Crippen LogP contribution in [0, 0.1) is 0 Å². The number of carbonyl (C=O) groups is 1. The zero-order valence-electron chi connectivity index (χ0n) is 13.3. The molecule has 0 unspecified atom stereocenters. The topological polar surface area (TPSA) is 56.0 Å². The van der Waals surface area contributed by atoms with Crippen LogP contribution in [0.5, 0.6) is 0 Å². The van der Waals surface area contributed by atoms with Crippen molar-refractivity contribution in [1.29, 1.82) is 0 Å². The molecule has 2 aromatic carbocycles. The van der Waals surface area contributed by atoms with Crippen LogP contribution in [0.2, 0.25) is 5.02 Å². The molecule has 0 bridgehead atoms. The number of fused-ring (bicyclic) bond motifs is 1. The number of imidazole rings is 1. The van der Waals surface area contributed by atoms with Gasteiger partial charge in [0.15, 0.2) is 0 Å². The van der Waals surface area contributed by atoms with E-state index in [1.807, 2.05) is 31.2 Å². The third kappa shape index (κ3) is 3.21. The van der Waals surface area contributed by atoms with E-state index in [-0.39, 0.29) is 18.1 Å². The molecule has 1 heterocycles. The van der Waals surface area contributed by atoms with E-state index in [1.54, 1.807) is 28.8 Å². The molecule has 0 atom stereocenters. The van der Waals surface area contributed by atoms with Gasteiger partial charge in [-0.25, -0.2) is 4.79 Å². The molecule has 0 radical (unpaired) electrons. The first kappa shape index (κ1) is 16.3. The maximum absolute atomic E-state index is 12.6. The Bertz CT molecular complexity index is 926. The maximum Gasteiger partial charge on any atom is 0.329 e. The summed E-state index contributed by atoms with van der Waals surface area (Å²) in [6, 6.07) is 14.4. The smallest absolute Gasteiger partial charge is 0.325 e. The number of nitrogens with zero attached hydrogens (tertiary/aromatic N) is 2. The highest BCUT2D eigenvalue weighted by molar-refractivity contribution is 6.30. The lowest BCUT2D eigenvalue weighted by molar-refractivity contribution is -0.116. The fourth-order valence-corrected chi connectivity index (χ4v) is 2.87. The van der Waals surface area contributed by atoms with E-state index in [9.17, 15) is 9.59 Å². The monoisotopic (exact) mass is 343 g/mol. The summed E-state index contributed by atoms with van der Waals surface area (Å²) in [5.74, 6) is -0.251. The summed E-state index contributed by atoms with van der Waals surface area (Å²) in [5, 5.41) is 3.39. The van der Waals surface area contributed by atoms with Gasteiger partial charge >= 0.3 is 5.69 Å². The Balaban J connectivity index is 1.89. The predicted molar refractivity (Wildman–Crippen MR) is 96.6 cm³/mol. The predicted octanol–water partition coefficient (Wildman–Crippen LogP) is 3.51. The van der Waals surface area contributed by atoms with Gasteiger partial charge in [-0.2, -0.15) is 0 Å². The minimum atomic E-state index is -0.251. The van der Waals surface area contributed by atoms with Crippen LogP contribution in [0.15, 0.2) is 53.3 Å². The number of rotatable bonds is 5. The number of benzene rings is 2. The number of nitrogens with one attached hydrogen (secondary N) is 1. The molecule has 0 saturated heterocycles. The first-order chi connectivity index (χ1) is 11.6. The summed E-state index contributed by atoms with van der Waals surface area (Å²) in [5.41, 5.74) is 2.10. The van der Waals surface area contributed by atoms with E-state index in [0.29, 0.717) is 17.3 Å². The highest BCUT2D eigenvalue weighted by Crippen LogP contribution is 2.15. The number of amides is 1. The summed E-state index contributed by atoms with van der Waals surface area (Å²) in [6.45, 7) is 2.62. The molecule has 24 heavy (non-hydrogen) atoms. The Morgan fingerprint density at radius 2 is 1.67 bits per heavy atom. The normalized spacial score (nSPS) is 10.9. The maximum atomic E-state index is 12.6. The molecule has 5 nitrogen and oxygen atoms in total. The number of aromatic nitrogens is 2. The van der Waals surface area contributed by atoms with Gasteiger partial charge in [-0.1, -0.05) is 30.7 Å². The number of hydrogen-bond donors (Lipinski definition) is 1. The zero-order chi connectivity index (χ0) is 17.1. The summed E-state index contributed by atoms with van der Waals surface area (Å²) >= 11 is 5.84. The van der Waals surface area contributed by atoms with E-state index >= 15 is 0 Å². The lowest BCUT2D eigenvalue weighted by atomic mass is 10.3. The Hall–Kier alpha value is -2.53. The molecular weight excluding hydrogens is 326 g/mol. The molecular formula is C18H18ClN3O2. The van der Waals surface area contributed by atoms with Crippen molar-refractivity contribution < 1.29 is 4.79 Å². The molecule has 0 aliphatic heterocycles. The first-order valence-electron chi connectivity index (χ1n) is 7.83. The van der Waals surface area contributed by atoms with E-state index in [2.05, 4.69) is 5.32 Å². The molecule has 1 aromatic heterocycles. The minimum absolute atomic E-state index is 0.0291. The van der Waals surface area contributed by atoms with Gasteiger partial charge in [0.1, 0.15) is 6.54 Å². The summed E-state index contributed by atoms with van der Waals surface area (Å²) in [7, 11) is 0. The summed E-state index contributed by atoms with van der Waals surface area (Å²) in [4.78, 5) is 25.0. The average Bonchev–Trinajstić information content (AvgIpc) is 2.83. The van der Waals surface area contributed by atoms with Gasteiger partial charge < -0.3 is 5.32 Å². The van der Waals surface area contributed by atoms with E-state index in [1.165, 1.54) is 4.57 Å². The number of hydrogen-bond acceptors (Lipinski definition) is 2. The van der Waals surface area contributed by atoms with Crippen LogP contribution < -0.4 is 11.0 Å². The molecule has 3 aromatic rings. The summed E-state index contributed by atoms with van der Waals surface area (Å²) < 4.78 is 3.22. The van der Waals surface area contributed by atoms with Crippen LogP contribution in [-0.2, 0) is 17.9 Å². The first-order valence-corrected chi connectivity index (χ1v) is 8.21. The van der Waals surface area contributed by atoms with Gasteiger partial charge in [0.25, 0.3) is 0 Å². The second-order valence-corrected chi connectivity index (χ2v) is 6.00. The molecule has 0 aliphatic carbocycles. The van der Waals surface area contributed by atoms with Gasteiger partial charge in [-0.05, 0) is 42.8 Å². The lowest BCUT2D eigenvalue weighted by Gasteiger charge is -2.06. The number of para-hydroxylation sites is 2. The third-order valence-electron chi connectivity index (χ3n) is 3.80. The number of anilines is 1. The van der Waals surface area contributed by atoms with Crippen molar-refractivity contribution in [3.8, 4) is 0 Å². The van der Waals surface area contributed by atoms with Gasteiger partial charge in [-0.3, -0.25) is 13.9 Å². The van der Waals surface area contributed by atoms with Gasteiger partial charge in [-0.15, -0.1) is 0 Å². The third-order valence-corrected chi connectivity index (χ3v) is 4.05. The fraction of sp³-hybridized carbons (Fsp3) is 0.222. The Morgan fingerprint density at radius 1 is 1.04 bits per heavy atom. The molecule has 6 heteroatoms. The van der Waals surface area contributed by atoms with Crippen molar-refractivity contribution in [2.75, 3.05) is 5.32 Å².